The molecule has 0 radical (unpaired) electrons. The fourth-order valence-corrected chi connectivity index (χ4v) is 3.11. The highest BCUT2D eigenvalue weighted by atomic mass is 32.2. The summed E-state index contributed by atoms with van der Waals surface area (Å²) in [5, 5.41) is 3.36. The lowest BCUT2D eigenvalue weighted by molar-refractivity contribution is 0.161. The number of hydrogen-bond donors (Lipinski definition) is 1. The van der Waals surface area contributed by atoms with Gasteiger partial charge in [0.2, 0.25) is 0 Å². The Kier molecular flexibility index (Phi) is 6.99. The zero-order valence-electron chi connectivity index (χ0n) is 12.5. The molecule has 1 fully saturated rings. The first-order valence-corrected chi connectivity index (χ1v) is 8.62. The van der Waals surface area contributed by atoms with Crippen molar-refractivity contribution in [3.63, 3.8) is 0 Å². The number of rotatable bonds is 8. The van der Waals surface area contributed by atoms with Gasteiger partial charge in [-0.2, -0.15) is 8.78 Å². The topological polar surface area (TPSA) is 28.4 Å². The van der Waals surface area contributed by atoms with Gasteiger partial charge in [0.25, 0.3) is 5.76 Å². The van der Waals surface area contributed by atoms with E-state index in [1.807, 2.05) is 6.07 Å². The van der Waals surface area contributed by atoms with Crippen LogP contribution in [0.1, 0.15) is 37.7 Å². The Bertz CT molecular complexity index is 414. The maximum Gasteiger partial charge on any atom is 0.284 e. The predicted molar refractivity (Wildman–Crippen MR) is 82.6 cm³/mol. The second kappa shape index (κ2) is 8.76. The summed E-state index contributed by atoms with van der Waals surface area (Å²) in [5.74, 6) is -0.695. The number of nitrogens with zero attached hydrogens (tertiary/aromatic N) is 1. The summed E-state index contributed by atoms with van der Waals surface area (Å²) in [4.78, 5) is 2.52. The lowest BCUT2D eigenvalue weighted by Gasteiger charge is -2.33. The van der Waals surface area contributed by atoms with E-state index < -0.39 is 5.76 Å². The molecule has 120 valence electrons. The molecule has 2 heterocycles. The Labute approximate surface area is 129 Å². The summed E-state index contributed by atoms with van der Waals surface area (Å²) in [7, 11) is 0. The standard InChI is InChI=1S/C15H24F2N2OS/c1-12-4-2-3-8-19(12)9-7-18-10-13-5-6-14(20-13)11-21-15(16)17/h5-6,12,15,18H,2-4,7-11H2,1H3. The lowest BCUT2D eigenvalue weighted by atomic mass is 10.0. The predicted octanol–water partition coefficient (Wildman–Crippen LogP) is 3.70. The van der Waals surface area contributed by atoms with Crippen LogP contribution in [0.4, 0.5) is 8.78 Å². The van der Waals surface area contributed by atoms with Crippen LogP contribution in [0.15, 0.2) is 16.5 Å². The van der Waals surface area contributed by atoms with Crippen LogP contribution in [0.2, 0.25) is 0 Å². The Morgan fingerprint density at radius 1 is 1.38 bits per heavy atom. The summed E-state index contributed by atoms with van der Waals surface area (Å²) < 4.78 is 29.7. The van der Waals surface area contributed by atoms with Gasteiger partial charge in [-0.1, -0.05) is 18.2 Å². The van der Waals surface area contributed by atoms with Crippen LogP contribution < -0.4 is 5.32 Å². The normalized spacial score (nSPS) is 20.3. The fraction of sp³-hybridized carbons (Fsp3) is 0.733. The number of nitrogens with one attached hydrogen (secondary N) is 1. The zero-order chi connectivity index (χ0) is 15.1. The first-order valence-electron chi connectivity index (χ1n) is 7.57. The fourth-order valence-electron chi connectivity index (χ4n) is 2.66. The molecule has 0 bridgehead atoms. The highest BCUT2D eigenvalue weighted by Crippen LogP contribution is 2.21. The molecule has 2 rings (SSSR count). The van der Waals surface area contributed by atoms with E-state index in [4.69, 9.17) is 4.42 Å². The van der Waals surface area contributed by atoms with Crippen molar-refractivity contribution >= 4 is 11.8 Å². The van der Waals surface area contributed by atoms with Crippen molar-refractivity contribution < 1.29 is 13.2 Å². The van der Waals surface area contributed by atoms with Gasteiger partial charge in [-0.15, -0.1) is 0 Å². The van der Waals surface area contributed by atoms with E-state index in [1.54, 1.807) is 6.07 Å². The minimum Gasteiger partial charge on any atom is -0.464 e. The molecule has 0 amide bonds. The average Bonchev–Trinajstić information content (AvgIpc) is 2.91. The van der Waals surface area contributed by atoms with Crippen molar-refractivity contribution in [2.24, 2.45) is 0 Å². The number of likely N-dealkylation sites (tertiary alicyclic amines) is 1. The molecule has 0 saturated carbocycles. The quantitative estimate of drug-likeness (QED) is 0.740. The molecule has 6 heteroatoms. The Hall–Kier alpha value is -0.590. The van der Waals surface area contributed by atoms with E-state index in [0.717, 1.165) is 18.8 Å². The monoisotopic (exact) mass is 318 g/mol. The summed E-state index contributed by atoms with van der Waals surface area (Å²) in [5.41, 5.74) is 0. The van der Waals surface area contributed by atoms with Crippen molar-refractivity contribution in [3.05, 3.63) is 23.7 Å². The highest BCUT2D eigenvalue weighted by Gasteiger charge is 2.17. The Morgan fingerprint density at radius 2 is 2.19 bits per heavy atom. The van der Waals surface area contributed by atoms with Crippen molar-refractivity contribution in [2.45, 2.75) is 50.3 Å². The van der Waals surface area contributed by atoms with Crippen molar-refractivity contribution in [1.29, 1.82) is 0 Å². The average molecular weight is 318 g/mol. The van der Waals surface area contributed by atoms with Crippen LogP contribution >= 0.6 is 11.8 Å². The molecule has 1 unspecified atom stereocenters. The van der Waals surface area contributed by atoms with E-state index in [1.165, 1.54) is 25.8 Å². The molecule has 0 aliphatic carbocycles. The third-order valence-electron chi connectivity index (χ3n) is 3.88. The van der Waals surface area contributed by atoms with Gasteiger partial charge in [0.05, 0.1) is 12.3 Å². The molecule has 1 saturated heterocycles. The molecule has 1 N–H and O–H groups in total. The maximum atomic E-state index is 12.1. The summed E-state index contributed by atoms with van der Waals surface area (Å²) >= 11 is 0.591. The minimum absolute atomic E-state index is 0.225. The molecule has 1 aromatic heterocycles. The van der Waals surface area contributed by atoms with Gasteiger partial charge in [0.15, 0.2) is 0 Å². The minimum atomic E-state index is -2.34. The Balaban J connectivity index is 1.62. The van der Waals surface area contributed by atoms with Crippen LogP contribution in [0.25, 0.3) is 0 Å². The van der Waals surface area contributed by atoms with Gasteiger partial charge < -0.3 is 9.73 Å². The van der Waals surface area contributed by atoms with E-state index in [2.05, 4.69) is 17.1 Å². The molecule has 21 heavy (non-hydrogen) atoms. The molecule has 1 aliphatic rings. The zero-order valence-corrected chi connectivity index (χ0v) is 13.3. The van der Waals surface area contributed by atoms with Gasteiger partial charge in [0, 0.05) is 19.1 Å². The summed E-state index contributed by atoms with van der Waals surface area (Å²) in [6.45, 7) is 6.11. The second-order valence-corrected chi connectivity index (χ2v) is 6.48. The Morgan fingerprint density at radius 3 is 2.95 bits per heavy atom. The van der Waals surface area contributed by atoms with Gasteiger partial charge in [-0.3, -0.25) is 4.90 Å². The maximum absolute atomic E-state index is 12.1. The lowest BCUT2D eigenvalue weighted by Crippen LogP contribution is -2.41. The molecular weight excluding hydrogens is 294 g/mol. The van der Waals surface area contributed by atoms with Crippen LogP contribution in [-0.4, -0.2) is 36.3 Å². The van der Waals surface area contributed by atoms with Crippen molar-refractivity contribution in [3.8, 4) is 0 Å². The smallest absolute Gasteiger partial charge is 0.284 e. The van der Waals surface area contributed by atoms with Crippen molar-refractivity contribution in [1.82, 2.24) is 10.2 Å². The number of alkyl halides is 2. The van der Waals surface area contributed by atoms with E-state index in [9.17, 15) is 8.78 Å². The first-order chi connectivity index (χ1) is 10.1. The highest BCUT2D eigenvalue weighted by molar-refractivity contribution is 7.98. The molecule has 1 aliphatic heterocycles. The van der Waals surface area contributed by atoms with Crippen LogP contribution in [0.5, 0.6) is 0 Å². The molecular formula is C15H24F2N2OS. The summed E-state index contributed by atoms with van der Waals surface area (Å²) in [6, 6.07) is 4.32. The second-order valence-electron chi connectivity index (χ2n) is 5.50. The number of halogens is 2. The van der Waals surface area contributed by atoms with Crippen LogP contribution in [0, 0.1) is 0 Å². The number of furan rings is 1. The number of hydrogen-bond acceptors (Lipinski definition) is 4. The number of piperidine rings is 1. The van der Waals surface area contributed by atoms with Crippen LogP contribution in [-0.2, 0) is 12.3 Å². The first kappa shape index (κ1) is 16.8. The molecule has 3 nitrogen and oxygen atoms in total. The molecule has 1 atom stereocenters. The molecule has 0 spiro atoms. The largest absolute Gasteiger partial charge is 0.464 e. The third-order valence-corrected chi connectivity index (χ3v) is 4.59. The molecule has 0 aromatic carbocycles. The van der Waals surface area contributed by atoms with Gasteiger partial charge in [-0.05, 0) is 38.4 Å². The van der Waals surface area contributed by atoms with E-state index >= 15 is 0 Å². The van der Waals surface area contributed by atoms with E-state index in [0.29, 0.717) is 30.1 Å². The third kappa shape index (κ3) is 5.96. The van der Waals surface area contributed by atoms with Crippen molar-refractivity contribution in [2.75, 3.05) is 19.6 Å². The summed E-state index contributed by atoms with van der Waals surface area (Å²) in [6.07, 6.45) is 3.94. The number of thioether (sulfide) groups is 1. The van der Waals surface area contributed by atoms with Gasteiger partial charge >= 0.3 is 0 Å². The van der Waals surface area contributed by atoms with Crippen LogP contribution in [0.3, 0.4) is 0 Å². The van der Waals surface area contributed by atoms with Gasteiger partial charge in [-0.25, -0.2) is 0 Å². The van der Waals surface area contributed by atoms with E-state index in [-0.39, 0.29) is 5.75 Å². The SMILES string of the molecule is CC1CCCCN1CCNCc1ccc(CSC(F)F)o1. The molecule has 1 aromatic rings. The van der Waals surface area contributed by atoms with Gasteiger partial charge in [0.1, 0.15) is 11.5 Å².